The molecule has 1 aromatic carbocycles. The van der Waals surface area contributed by atoms with Gasteiger partial charge in [0.1, 0.15) is 5.75 Å². The van der Waals surface area contributed by atoms with Crippen molar-refractivity contribution < 1.29 is 36.1 Å². The van der Waals surface area contributed by atoms with E-state index in [0.29, 0.717) is 5.75 Å². The second-order valence-corrected chi connectivity index (χ2v) is 6.65. The van der Waals surface area contributed by atoms with Crippen LogP contribution in [-0.2, 0) is 10.8 Å². The molecule has 0 aliphatic heterocycles. The van der Waals surface area contributed by atoms with Gasteiger partial charge in [0.05, 0.1) is 0 Å². The Balaban J connectivity index is 0. The number of aryl methyl sites for hydroxylation is 1. The number of rotatable bonds is 0. The molecule has 0 aliphatic carbocycles. The molecule has 1 aromatic rings. The molecule has 0 heterocycles. The third-order valence-electron chi connectivity index (χ3n) is 2.89. The van der Waals surface area contributed by atoms with Crippen molar-refractivity contribution in [2.24, 2.45) is 0 Å². The molecule has 1 nitrogen and oxygen atoms in total. The summed E-state index contributed by atoms with van der Waals surface area (Å²) >= 11 is 0. The Bertz CT molecular complexity index is 361. The van der Waals surface area contributed by atoms with Crippen molar-refractivity contribution in [1.82, 2.24) is 0 Å². The number of hydrogen-bond donors (Lipinski definition) is 1. The van der Waals surface area contributed by atoms with E-state index >= 15 is 0 Å². The molecule has 0 saturated heterocycles. The fourth-order valence-electron chi connectivity index (χ4n) is 2.42. The van der Waals surface area contributed by atoms with E-state index in [4.69, 9.17) is 0 Å². The summed E-state index contributed by atoms with van der Waals surface area (Å²) in [7, 11) is 0. The van der Waals surface area contributed by atoms with Gasteiger partial charge in [-0.3, -0.25) is 0 Å². The Morgan fingerprint density at radius 3 is 1.59 bits per heavy atom. The molecule has 0 atom stereocenters. The van der Waals surface area contributed by atoms with E-state index in [1.54, 1.807) is 0 Å². The van der Waals surface area contributed by atoms with Crippen LogP contribution >= 0.6 is 0 Å². The van der Waals surface area contributed by atoms with Crippen LogP contribution in [0.2, 0.25) is 0 Å². The van der Waals surface area contributed by atoms with Gasteiger partial charge in [-0.15, -0.1) is 0 Å². The Morgan fingerprint density at radius 1 is 0.882 bits per heavy atom. The first-order valence-electron chi connectivity index (χ1n) is 5.88. The van der Waals surface area contributed by atoms with E-state index in [1.165, 1.54) is 11.1 Å². The van der Waals surface area contributed by atoms with Crippen LogP contribution in [0.3, 0.4) is 0 Å². The SMILES string of the molecule is Cc1ccc(O)c(C(C)(C)C)c1C(C)(C)C.[H-].[Na+]. The maximum atomic E-state index is 10.1. The third-order valence-corrected chi connectivity index (χ3v) is 2.89. The zero-order chi connectivity index (χ0) is 12.7. The van der Waals surface area contributed by atoms with Crippen LogP contribution in [0, 0.1) is 6.92 Å². The van der Waals surface area contributed by atoms with Crippen LogP contribution in [-0.4, -0.2) is 5.11 Å². The molecule has 0 amide bonds. The van der Waals surface area contributed by atoms with Gasteiger partial charge in [0.2, 0.25) is 0 Å². The smallest absolute Gasteiger partial charge is 1.00 e. The van der Waals surface area contributed by atoms with Gasteiger partial charge in [-0.2, -0.15) is 0 Å². The minimum absolute atomic E-state index is 0. The Hall–Kier alpha value is 0.0200. The van der Waals surface area contributed by atoms with Crippen molar-refractivity contribution in [1.29, 1.82) is 0 Å². The quantitative estimate of drug-likeness (QED) is 0.684. The van der Waals surface area contributed by atoms with Gasteiger partial charge in [-0.25, -0.2) is 0 Å². The van der Waals surface area contributed by atoms with Crippen LogP contribution in [0.15, 0.2) is 12.1 Å². The summed E-state index contributed by atoms with van der Waals surface area (Å²) in [5, 5.41) is 10.1. The molecule has 0 radical (unpaired) electrons. The van der Waals surface area contributed by atoms with Gasteiger partial charge in [-0.05, 0) is 34.9 Å². The molecule has 17 heavy (non-hydrogen) atoms. The molecule has 1 N–H and O–H groups in total. The van der Waals surface area contributed by atoms with Gasteiger partial charge in [0.15, 0.2) is 0 Å². The topological polar surface area (TPSA) is 20.2 Å². The summed E-state index contributed by atoms with van der Waals surface area (Å²) < 4.78 is 0. The Labute approximate surface area is 129 Å². The molecule has 0 unspecified atom stereocenters. The standard InChI is InChI=1S/C15H24O.Na.H/c1-10-8-9-11(16)13(15(5,6)7)12(10)14(2,3)4;;/h8-9,16H,1-7H3;;/q;+1;-1. The molecule has 2 heteroatoms. The Kier molecular flexibility index (Phi) is 5.34. The van der Waals surface area contributed by atoms with E-state index in [-0.39, 0.29) is 41.8 Å². The predicted molar refractivity (Wildman–Crippen MR) is 71.4 cm³/mol. The Morgan fingerprint density at radius 2 is 1.29 bits per heavy atom. The molecule has 0 fully saturated rings. The molecule has 1 rings (SSSR count). The fraction of sp³-hybridized carbons (Fsp3) is 0.600. The van der Waals surface area contributed by atoms with Crippen LogP contribution < -0.4 is 29.6 Å². The number of benzene rings is 1. The van der Waals surface area contributed by atoms with E-state index in [9.17, 15) is 5.11 Å². The average Bonchev–Trinajstić information content (AvgIpc) is 2.04. The largest absolute Gasteiger partial charge is 1.00 e. The van der Waals surface area contributed by atoms with Gasteiger partial charge in [0, 0.05) is 5.56 Å². The zero-order valence-corrected chi connectivity index (χ0v) is 14.6. The van der Waals surface area contributed by atoms with Crippen molar-refractivity contribution >= 4 is 0 Å². The van der Waals surface area contributed by atoms with Crippen LogP contribution in [0.5, 0.6) is 5.75 Å². The van der Waals surface area contributed by atoms with E-state index in [1.807, 2.05) is 12.1 Å². The number of aromatic hydroxyl groups is 1. The summed E-state index contributed by atoms with van der Waals surface area (Å²) in [6, 6.07) is 3.82. The summed E-state index contributed by atoms with van der Waals surface area (Å²) in [4.78, 5) is 0. The van der Waals surface area contributed by atoms with Crippen LogP contribution in [0.4, 0.5) is 0 Å². The van der Waals surface area contributed by atoms with Gasteiger partial charge in [0.25, 0.3) is 0 Å². The van der Waals surface area contributed by atoms with Crippen molar-refractivity contribution in [2.75, 3.05) is 0 Å². The minimum Gasteiger partial charge on any atom is -1.00 e. The van der Waals surface area contributed by atoms with Crippen molar-refractivity contribution in [3.05, 3.63) is 28.8 Å². The van der Waals surface area contributed by atoms with Crippen molar-refractivity contribution in [3.63, 3.8) is 0 Å². The van der Waals surface area contributed by atoms with Crippen molar-refractivity contribution in [2.45, 2.75) is 59.3 Å². The molecule has 0 aromatic heterocycles. The van der Waals surface area contributed by atoms with E-state index in [2.05, 4.69) is 48.5 Å². The van der Waals surface area contributed by atoms with Crippen LogP contribution in [0.1, 0.15) is 59.7 Å². The molecule has 92 valence electrons. The molecular formula is C15H25NaO. The summed E-state index contributed by atoms with van der Waals surface area (Å²) in [6.07, 6.45) is 0. The van der Waals surface area contributed by atoms with Gasteiger partial charge < -0.3 is 6.53 Å². The van der Waals surface area contributed by atoms with E-state index in [0.717, 1.165) is 5.56 Å². The molecule has 0 aliphatic rings. The van der Waals surface area contributed by atoms with Gasteiger partial charge >= 0.3 is 29.6 Å². The molecule has 0 bridgehead atoms. The monoisotopic (exact) mass is 244 g/mol. The molecule has 0 saturated carbocycles. The number of phenolic OH excluding ortho intramolecular Hbond substituents is 1. The van der Waals surface area contributed by atoms with E-state index < -0.39 is 0 Å². The maximum absolute atomic E-state index is 10.1. The third kappa shape index (κ3) is 3.74. The minimum atomic E-state index is -0.0291. The summed E-state index contributed by atoms with van der Waals surface area (Å²) in [5.41, 5.74) is 3.65. The summed E-state index contributed by atoms with van der Waals surface area (Å²) in [6.45, 7) is 15.2. The second-order valence-electron chi connectivity index (χ2n) is 6.65. The average molecular weight is 244 g/mol. The second kappa shape index (κ2) is 5.34. The summed E-state index contributed by atoms with van der Waals surface area (Å²) in [5.74, 6) is 0.419. The number of hydrogen-bond acceptors (Lipinski definition) is 1. The first-order valence-corrected chi connectivity index (χ1v) is 5.88. The zero-order valence-electron chi connectivity index (χ0n) is 13.6. The van der Waals surface area contributed by atoms with Crippen LogP contribution in [0.25, 0.3) is 0 Å². The molecular weight excluding hydrogens is 219 g/mol. The normalized spacial score (nSPS) is 12.2. The predicted octanol–water partition coefficient (Wildman–Crippen LogP) is 1.41. The fourth-order valence-corrected chi connectivity index (χ4v) is 2.42. The first kappa shape index (κ1) is 17.0. The number of phenols is 1. The maximum Gasteiger partial charge on any atom is 1.00 e. The van der Waals surface area contributed by atoms with Gasteiger partial charge in [-0.1, -0.05) is 47.6 Å². The van der Waals surface area contributed by atoms with Crippen molar-refractivity contribution in [3.8, 4) is 5.75 Å². The first-order chi connectivity index (χ1) is 7.05. The molecule has 0 spiro atoms.